The summed E-state index contributed by atoms with van der Waals surface area (Å²) in [6, 6.07) is 13.3. The maximum absolute atomic E-state index is 15.4. The van der Waals surface area contributed by atoms with Crippen LogP contribution in [0, 0.1) is 17.2 Å². The third kappa shape index (κ3) is 4.93. The molecule has 3 aliphatic rings. The Morgan fingerprint density at radius 1 is 1.03 bits per heavy atom. The number of halogens is 1. The fourth-order valence-corrected chi connectivity index (χ4v) is 5.97. The number of carbonyl (C=O) groups is 1. The molecule has 2 saturated carbocycles. The zero-order valence-electron chi connectivity index (χ0n) is 19.3. The number of carboxylic acid groups (broad SMARTS) is 1. The molecule has 2 aromatic carbocycles. The lowest BCUT2D eigenvalue weighted by Crippen LogP contribution is -2.38. The summed E-state index contributed by atoms with van der Waals surface area (Å²) >= 11 is 0. The Balaban J connectivity index is 1.22. The van der Waals surface area contributed by atoms with E-state index < -0.39 is 5.97 Å². The molecule has 176 valence electrons. The third-order valence-corrected chi connectivity index (χ3v) is 8.20. The summed E-state index contributed by atoms with van der Waals surface area (Å²) in [5, 5.41) is 9.32. The van der Waals surface area contributed by atoms with Gasteiger partial charge in [0.05, 0.1) is 12.0 Å². The van der Waals surface area contributed by atoms with E-state index in [9.17, 15) is 9.90 Å². The van der Waals surface area contributed by atoms with Gasteiger partial charge >= 0.3 is 5.97 Å². The lowest BCUT2D eigenvalue weighted by molar-refractivity contribution is -0.143. The predicted molar refractivity (Wildman–Crippen MR) is 127 cm³/mol. The van der Waals surface area contributed by atoms with Crippen LogP contribution in [0.25, 0.3) is 11.1 Å². The molecule has 3 fully saturated rings. The first-order valence-electron chi connectivity index (χ1n) is 12.5. The topological polar surface area (TPSA) is 49.8 Å². The SMILES string of the molecule is O=C(O)C1CCCN(Cc2cccc(-c3ccc(OC4CCC5(CCC5)CC4)cc3)c2F)C1. The van der Waals surface area contributed by atoms with E-state index in [0.29, 0.717) is 42.2 Å². The van der Waals surface area contributed by atoms with E-state index in [4.69, 9.17) is 4.74 Å². The first-order valence-corrected chi connectivity index (χ1v) is 12.5. The number of aliphatic carboxylic acids is 1. The molecular weight excluding hydrogens is 417 g/mol. The fraction of sp³-hybridized carbons (Fsp3) is 0.536. The average molecular weight is 452 g/mol. The third-order valence-electron chi connectivity index (χ3n) is 8.20. The first-order chi connectivity index (χ1) is 16.0. The number of hydrogen-bond donors (Lipinski definition) is 1. The minimum Gasteiger partial charge on any atom is -0.490 e. The van der Waals surface area contributed by atoms with Gasteiger partial charge in [-0.25, -0.2) is 4.39 Å². The van der Waals surface area contributed by atoms with Gasteiger partial charge in [-0.15, -0.1) is 0 Å². The van der Waals surface area contributed by atoms with E-state index in [1.165, 1.54) is 32.1 Å². The number of likely N-dealkylation sites (tertiary alicyclic amines) is 1. The monoisotopic (exact) mass is 451 g/mol. The van der Waals surface area contributed by atoms with E-state index in [1.807, 2.05) is 36.4 Å². The quantitative estimate of drug-likeness (QED) is 0.561. The number of hydrogen-bond acceptors (Lipinski definition) is 3. The minimum atomic E-state index is -0.757. The van der Waals surface area contributed by atoms with Gasteiger partial charge in [0, 0.05) is 24.2 Å². The highest BCUT2D eigenvalue weighted by Crippen LogP contribution is 2.51. The Morgan fingerprint density at radius 2 is 1.79 bits per heavy atom. The Hall–Kier alpha value is -2.40. The number of ether oxygens (including phenoxy) is 1. The summed E-state index contributed by atoms with van der Waals surface area (Å²) in [5.74, 6) is -0.479. The van der Waals surface area contributed by atoms with E-state index >= 15 is 4.39 Å². The summed E-state index contributed by atoms with van der Waals surface area (Å²) < 4.78 is 21.6. The lowest BCUT2D eigenvalue weighted by atomic mass is 9.60. The van der Waals surface area contributed by atoms with Crippen molar-refractivity contribution in [3.63, 3.8) is 0 Å². The molecule has 0 aromatic heterocycles. The van der Waals surface area contributed by atoms with Gasteiger partial charge in [0.25, 0.3) is 0 Å². The molecule has 5 rings (SSSR count). The molecule has 2 aliphatic carbocycles. The zero-order chi connectivity index (χ0) is 22.8. The van der Waals surface area contributed by atoms with Gasteiger partial charge in [0.2, 0.25) is 0 Å². The molecule has 1 unspecified atom stereocenters. The van der Waals surface area contributed by atoms with Gasteiger partial charge < -0.3 is 9.84 Å². The van der Waals surface area contributed by atoms with Crippen molar-refractivity contribution in [3.8, 4) is 16.9 Å². The smallest absolute Gasteiger partial charge is 0.307 e. The molecule has 2 aromatic rings. The second-order valence-electron chi connectivity index (χ2n) is 10.4. The number of piperidine rings is 1. The molecule has 1 N–H and O–H groups in total. The first kappa shape index (κ1) is 22.4. The van der Waals surface area contributed by atoms with Crippen molar-refractivity contribution in [3.05, 3.63) is 53.8 Å². The Morgan fingerprint density at radius 3 is 2.45 bits per heavy atom. The molecule has 5 heteroatoms. The summed E-state index contributed by atoms with van der Waals surface area (Å²) in [6.07, 6.45) is 10.9. The highest BCUT2D eigenvalue weighted by atomic mass is 19.1. The van der Waals surface area contributed by atoms with Crippen LogP contribution in [0.3, 0.4) is 0 Å². The van der Waals surface area contributed by atoms with E-state index in [0.717, 1.165) is 37.1 Å². The number of benzene rings is 2. The molecule has 33 heavy (non-hydrogen) atoms. The summed E-state index contributed by atoms with van der Waals surface area (Å²) in [4.78, 5) is 13.4. The largest absolute Gasteiger partial charge is 0.490 e. The molecule has 1 saturated heterocycles. The number of nitrogens with zero attached hydrogens (tertiary/aromatic N) is 1. The molecule has 0 bridgehead atoms. The van der Waals surface area contributed by atoms with Crippen molar-refractivity contribution in [1.29, 1.82) is 0 Å². The Bertz CT molecular complexity index is 975. The molecule has 1 aliphatic heterocycles. The lowest BCUT2D eigenvalue weighted by Gasteiger charge is -2.46. The second-order valence-corrected chi connectivity index (χ2v) is 10.4. The van der Waals surface area contributed by atoms with Crippen molar-refractivity contribution >= 4 is 5.97 Å². The maximum Gasteiger partial charge on any atom is 0.307 e. The van der Waals surface area contributed by atoms with Gasteiger partial charge in [0.1, 0.15) is 11.6 Å². The standard InChI is InChI=1S/C28H34FNO3/c29-26-21(18-30-17-2-5-22(19-30)27(31)32)4-1-6-25(26)20-7-9-23(10-8-20)33-24-11-15-28(16-12-24)13-3-14-28/h1,4,6-10,22,24H,2-3,5,11-19H2,(H,31,32). The van der Waals surface area contributed by atoms with E-state index in [2.05, 4.69) is 4.90 Å². The molecule has 1 atom stereocenters. The molecule has 1 spiro atoms. The molecule has 0 radical (unpaired) electrons. The average Bonchev–Trinajstić information content (AvgIpc) is 2.81. The zero-order valence-corrected chi connectivity index (χ0v) is 19.3. The van der Waals surface area contributed by atoms with Crippen LogP contribution in [0.2, 0.25) is 0 Å². The molecule has 1 heterocycles. The molecule has 4 nitrogen and oxygen atoms in total. The van der Waals surface area contributed by atoms with Crippen LogP contribution in [0.5, 0.6) is 5.75 Å². The van der Waals surface area contributed by atoms with Gasteiger partial charge in [0.15, 0.2) is 0 Å². The highest BCUT2D eigenvalue weighted by molar-refractivity contribution is 5.70. The minimum absolute atomic E-state index is 0.221. The van der Waals surface area contributed by atoms with Crippen LogP contribution < -0.4 is 4.74 Å². The highest BCUT2D eigenvalue weighted by Gasteiger charge is 2.40. The second kappa shape index (κ2) is 9.46. The maximum atomic E-state index is 15.4. The van der Waals surface area contributed by atoms with Gasteiger partial charge in [-0.05, 0) is 81.0 Å². The van der Waals surface area contributed by atoms with Gasteiger partial charge in [-0.3, -0.25) is 9.69 Å². The van der Waals surface area contributed by atoms with E-state index in [-0.39, 0.29) is 11.7 Å². The van der Waals surface area contributed by atoms with Crippen LogP contribution in [0.15, 0.2) is 42.5 Å². The van der Waals surface area contributed by atoms with Crippen molar-refractivity contribution < 1.29 is 19.0 Å². The van der Waals surface area contributed by atoms with Crippen LogP contribution in [-0.4, -0.2) is 35.2 Å². The van der Waals surface area contributed by atoms with Crippen molar-refractivity contribution in [2.75, 3.05) is 13.1 Å². The Kier molecular flexibility index (Phi) is 6.42. The summed E-state index contributed by atoms with van der Waals surface area (Å²) in [6.45, 7) is 1.73. The normalized spacial score (nSPS) is 23.2. The Labute approximate surface area is 195 Å². The molecular formula is C28H34FNO3. The van der Waals surface area contributed by atoms with Gasteiger partial charge in [-0.2, -0.15) is 0 Å². The predicted octanol–water partition coefficient (Wildman–Crippen LogP) is 6.28. The van der Waals surface area contributed by atoms with Crippen LogP contribution in [-0.2, 0) is 11.3 Å². The summed E-state index contributed by atoms with van der Waals surface area (Å²) in [5.41, 5.74) is 2.66. The van der Waals surface area contributed by atoms with Crippen molar-refractivity contribution in [2.45, 2.75) is 70.4 Å². The van der Waals surface area contributed by atoms with E-state index in [1.54, 1.807) is 6.07 Å². The van der Waals surface area contributed by atoms with Crippen LogP contribution in [0.4, 0.5) is 4.39 Å². The summed E-state index contributed by atoms with van der Waals surface area (Å²) in [7, 11) is 0. The number of carboxylic acids is 1. The van der Waals surface area contributed by atoms with Crippen molar-refractivity contribution in [2.24, 2.45) is 11.3 Å². The van der Waals surface area contributed by atoms with Crippen molar-refractivity contribution in [1.82, 2.24) is 4.90 Å². The van der Waals surface area contributed by atoms with Crippen LogP contribution in [0.1, 0.15) is 63.4 Å². The molecule has 0 amide bonds. The van der Waals surface area contributed by atoms with Gasteiger partial charge in [-0.1, -0.05) is 36.8 Å². The number of rotatable bonds is 6. The fourth-order valence-electron chi connectivity index (χ4n) is 5.97. The van der Waals surface area contributed by atoms with Crippen LogP contribution >= 0.6 is 0 Å².